The van der Waals surface area contributed by atoms with Gasteiger partial charge in [-0.1, -0.05) is 30.3 Å². The number of nitrogens with one attached hydrogen (secondary N) is 1. The number of fused-ring (bicyclic) bond motifs is 1. The summed E-state index contributed by atoms with van der Waals surface area (Å²) in [6.45, 7) is 4.70. The Hall–Kier alpha value is -4.39. The Kier molecular flexibility index (Phi) is 5.82. The van der Waals surface area contributed by atoms with Crippen LogP contribution in [0.25, 0.3) is 11.3 Å². The van der Waals surface area contributed by atoms with Gasteiger partial charge in [-0.05, 0) is 56.3 Å². The largest absolute Gasteiger partial charge is 0.487 e. The lowest BCUT2D eigenvalue weighted by molar-refractivity contribution is 0.0950. The quantitative estimate of drug-likeness (QED) is 0.391. The molecule has 0 unspecified atom stereocenters. The first-order valence-corrected chi connectivity index (χ1v) is 11.1. The van der Waals surface area contributed by atoms with Crippen molar-refractivity contribution in [3.63, 3.8) is 0 Å². The van der Waals surface area contributed by atoms with E-state index in [2.05, 4.69) is 15.4 Å². The van der Waals surface area contributed by atoms with E-state index in [1.165, 1.54) is 0 Å². The maximum Gasteiger partial charge on any atom is 0.251 e. The van der Waals surface area contributed by atoms with E-state index in [4.69, 9.17) is 4.74 Å². The number of aromatic nitrogens is 4. The molecule has 0 fully saturated rings. The average Bonchev–Trinajstić information content (AvgIpc) is 3.41. The van der Waals surface area contributed by atoms with E-state index in [0.29, 0.717) is 24.5 Å². The molecular formula is C27H25N5O2. The summed E-state index contributed by atoms with van der Waals surface area (Å²) in [6, 6.07) is 23.0. The van der Waals surface area contributed by atoms with Crippen LogP contribution in [-0.4, -0.2) is 25.1 Å². The third-order valence-electron chi connectivity index (χ3n) is 5.76. The summed E-state index contributed by atoms with van der Waals surface area (Å²) in [4.78, 5) is 17.4. The number of hydrogen-bond acceptors (Lipinski definition) is 4. The van der Waals surface area contributed by atoms with Crippen molar-refractivity contribution in [1.29, 1.82) is 0 Å². The number of amides is 1. The van der Waals surface area contributed by atoms with Gasteiger partial charge in [-0.3, -0.25) is 4.79 Å². The summed E-state index contributed by atoms with van der Waals surface area (Å²) >= 11 is 0. The summed E-state index contributed by atoms with van der Waals surface area (Å²) in [5, 5.41) is 7.67. The molecule has 7 heteroatoms. The van der Waals surface area contributed by atoms with Crippen molar-refractivity contribution in [3.8, 4) is 11.4 Å². The molecule has 0 saturated carbocycles. The summed E-state index contributed by atoms with van der Waals surface area (Å²) in [7, 11) is 0. The van der Waals surface area contributed by atoms with Crippen LogP contribution in [0.4, 0.5) is 0 Å². The summed E-state index contributed by atoms with van der Waals surface area (Å²) in [5.41, 5.74) is 6.14. The first-order chi connectivity index (χ1) is 16.6. The minimum Gasteiger partial charge on any atom is -0.487 e. The number of ether oxygens (including phenoxy) is 1. The van der Waals surface area contributed by atoms with Gasteiger partial charge in [0.25, 0.3) is 5.91 Å². The number of para-hydroxylation sites is 1. The van der Waals surface area contributed by atoms with Crippen LogP contribution in [0, 0.1) is 13.8 Å². The fraction of sp³-hybridized carbons (Fsp3) is 0.148. The molecule has 1 N–H and O–H groups in total. The molecule has 7 nitrogen and oxygen atoms in total. The van der Waals surface area contributed by atoms with Gasteiger partial charge in [0.2, 0.25) is 0 Å². The molecule has 0 bridgehead atoms. The topological polar surface area (TPSA) is 73.5 Å². The van der Waals surface area contributed by atoms with Gasteiger partial charge in [-0.2, -0.15) is 5.10 Å². The molecule has 0 spiro atoms. The van der Waals surface area contributed by atoms with Crippen molar-refractivity contribution in [2.24, 2.45) is 0 Å². The van der Waals surface area contributed by atoms with Gasteiger partial charge in [-0.25, -0.2) is 9.67 Å². The number of benzene rings is 2. The number of carbonyl (C=O) groups excluding carboxylic acids is 1. The van der Waals surface area contributed by atoms with E-state index < -0.39 is 0 Å². The minimum atomic E-state index is -0.163. The molecule has 0 atom stereocenters. The Labute approximate surface area is 197 Å². The molecule has 34 heavy (non-hydrogen) atoms. The highest BCUT2D eigenvalue weighted by Gasteiger charge is 2.15. The maximum absolute atomic E-state index is 12.9. The van der Waals surface area contributed by atoms with Crippen LogP contribution in [0.5, 0.6) is 5.75 Å². The molecule has 0 saturated heterocycles. The van der Waals surface area contributed by atoms with Crippen LogP contribution in [0.15, 0.2) is 85.2 Å². The molecule has 5 aromatic rings. The molecule has 0 aliphatic heterocycles. The highest BCUT2D eigenvalue weighted by molar-refractivity contribution is 5.94. The highest BCUT2D eigenvalue weighted by Crippen LogP contribution is 2.19. The van der Waals surface area contributed by atoms with Crippen molar-refractivity contribution in [2.75, 3.05) is 0 Å². The van der Waals surface area contributed by atoms with Gasteiger partial charge in [-0.15, -0.1) is 0 Å². The summed E-state index contributed by atoms with van der Waals surface area (Å²) in [6.07, 6.45) is 3.88. The lowest BCUT2D eigenvalue weighted by Crippen LogP contribution is -2.23. The molecule has 1 amide bonds. The Balaban J connectivity index is 1.24. The fourth-order valence-corrected chi connectivity index (χ4v) is 3.96. The van der Waals surface area contributed by atoms with Gasteiger partial charge in [0.1, 0.15) is 18.0 Å². The number of rotatable bonds is 7. The molecule has 2 aromatic carbocycles. The number of carbonyl (C=O) groups is 1. The molecular weight excluding hydrogens is 426 g/mol. The Morgan fingerprint density at radius 1 is 1.00 bits per heavy atom. The first-order valence-electron chi connectivity index (χ1n) is 11.1. The number of pyridine rings is 1. The fourth-order valence-electron chi connectivity index (χ4n) is 3.96. The van der Waals surface area contributed by atoms with Crippen LogP contribution in [0.1, 0.15) is 33.0 Å². The predicted molar refractivity (Wildman–Crippen MR) is 130 cm³/mol. The normalized spacial score (nSPS) is 11.0. The highest BCUT2D eigenvalue weighted by atomic mass is 16.5. The van der Waals surface area contributed by atoms with E-state index in [-0.39, 0.29) is 5.91 Å². The second-order valence-corrected chi connectivity index (χ2v) is 8.09. The van der Waals surface area contributed by atoms with Crippen molar-refractivity contribution < 1.29 is 9.53 Å². The zero-order valence-electron chi connectivity index (χ0n) is 19.1. The van der Waals surface area contributed by atoms with Crippen molar-refractivity contribution in [1.82, 2.24) is 24.5 Å². The van der Waals surface area contributed by atoms with Gasteiger partial charge in [0, 0.05) is 35.8 Å². The lowest BCUT2D eigenvalue weighted by Gasteiger charge is -2.09. The van der Waals surface area contributed by atoms with Gasteiger partial charge in [0.15, 0.2) is 0 Å². The summed E-state index contributed by atoms with van der Waals surface area (Å²) < 4.78 is 9.75. The van der Waals surface area contributed by atoms with E-state index in [1.807, 2.05) is 96.0 Å². The molecule has 0 aliphatic carbocycles. The van der Waals surface area contributed by atoms with Gasteiger partial charge in [0.05, 0.1) is 17.1 Å². The number of aryl methyl sites for hydroxylation is 1. The Morgan fingerprint density at radius 3 is 2.65 bits per heavy atom. The molecule has 170 valence electrons. The van der Waals surface area contributed by atoms with E-state index >= 15 is 0 Å². The Morgan fingerprint density at radius 2 is 1.82 bits per heavy atom. The zero-order valence-corrected chi connectivity index (χ0v) is 19.1. The van der Waals surface area contributed by atoms with E-state index in [9.17, 15) is 4.79 Å². The Bertz CT molecular complexity index is 1420. The molecule has 5 rings (SSSR count). The molecule has 0 aliphatic rings. The summed E-state index contributed by atoms with van der Waals surface area (Å²) in [5.74, 6) is 0.457. The second-order valence-electron chi connectivity index (χ2n) is 8.09. The predicted octanol–water partition coefficient (Wildman–Crippen LogP) is 4.65. The van der Waals surface area contributed by atoms with Crippen LogP contribution >= 0.6 is 0 Å². The van der Waals surface area contributed by atoms with Crippen molar-refractivity contribution >= 4 is 11.6 Å². The van der Waals surface area contributed by atoms with Crippen molar-refractivity contribution in [3.05, 3.63) is 113 Å². The minimum absolute atomic E-state index is 0.163. The zero-order chi connectivity index (χ0) is 23.5. The average molecular weight is 452 g/mol. The van der Waals surface area contributed by atoms with Crippen LogP contribution < -0.4 is 10.1 Å². The second kappa shape index (κ2) is 9.23. The third kappa shape index (κ3) is 4.41. The maximum atomic E-state index is 12.9. The van der Waals surface area contributed by atoms with Crippen LogP contribution in [0.2, 0.25) is 0 Å². The van der Waals surface area contributed by atoms with Gasteiger partial charge >= 0.3 is 0 Å². The smallest absolute Gasteiger partial charge is 0.251 e. The molecule has 3 heterocycles. The first kappa shape index (κ1) is 21.5. The van der Waals surface area contributed by atoms with Crippen molar-refractivity contribution in [2.45, 2.75) is 27.0 Å². The van der Waals surface area contributed by atoms with Crippen LogP contribution in [0.3, 0.4) is 0 Å². The number of hydrogen-bond donors (Lipinski definition) is 1. The SMILES string of the molecule is Cc1nn(-c2ccccc2)c(C)c1CNC(=O)c1cccc(OCc2cn3ccccc3n2)c1. The number of imidazole rings is 1. The monoisotopic (exact) mass is 451 g/mol. The van der Waals surface area contributed by atoms with Gasteiger partial charge < -0.3 is 14.5 Å². The lowest BCUT2D eigenvalue weighted by atomic mass is 10.1. The number of nitrogens with zero attached hydrogens (tertiary/aromatic N) is 4. The van der Waals surface area contributed by atoms with E-state index in [0.717, 1.165) is 34.0 Å². The van der Waals surface area contributed by atoms with Crippen LogP contribution in [-0.2, 0) is 13.2 Å². The molecule has 3 aromatic heterocycles. The third-order valence-corrected chi connectivity index (χ3v) is 5.76. The molecule has 0 radical (unpaired) electrons. The van der Waals surface area contributed by atoms with E-state index in [1.54, 1.807) is 12.1 Å². The standard InChI is InChI=1S/C27H25N5O2/c1-19-25(20(2)32(30-19)23-10-4-3-5-11-23)16-28-27(33)21-9-8-12-24(15-21)34-18-22-17-31-14-7-6-13-26(31)29-22/h3-15,17H,16,18H2,1-2H3,(H,28,33).